The molecule has 0 aliphatic carbocycles. The minimum absolute atomic E-state index is 0.0275. The number of fused-ring (bicyclic) bond motifs is 3. The van der Waals surface area contributed by atoms with E-state index in [0.717, 1.165) is 32.0 Å². The second-order valence-corrected chi connectivity index (χ2v) is 6.52. The van der Waals surface area contributed by atoms with E-state index in [0.29, 0.717) is 24.9 Å². The summed E-state index contributed by atoms with van der Waals surface area (Å²) in [5, 5.41) is 0. The minimum atomic E-state index is 0.0275. The summed E-state index contributed by atoms with van der Waals surface area (Å²) in [6.07, 6.45) is 0. The first-order chi connectivity index (χ1) is 11.7. The summed E-state index contributed by atoms with van der Waals surface area (Å²) in [6, 6.07) is 7.47. The molecule has 6 heteroatoms. The number of likely N-dealkylation sites (N-methyl/N-ethyl adjacent to an activating group) is 1. The lowest BCUT2D eigenvalue weighted by Gasteiger charge is -2.29. The minimum Gasteiger partial charge on any atom is -0.494 e. The van der Waals surface area contributed by atoms with Gasteiger partial charge in [-0.15, -0.1) is 0 Å². The summed E-state index contributed by atoms with van der Waals surface area (Å²) >= 11 is 0. The van der Waals surface area contributed by atoms with E-state index in [9.17, 15) is 4.79 Å². The van der Waals surface area contributed by atoms with Crippen LogP contribution >= 0.6 is 0 Å². The van der Waals surface area contributed by atoms with E-state index < -0.39 is 0 Å². The zero-order valence-corrected chi connectivity index (χ0v) is 14.4. The van der Waals surface area contributed by atoms with Crippen molar-refractivity contribution < 1.29 is 19.0 Å². The molecular weight excluding hydrogens is 308 g/mol. The highest BCUT2D eigenvalue weighted by molar-refractivity contribution is 5.78. The topological polar surface area (TPSA) is 51.2 Å². The van der Waals surface area contributed by atoms with Crippen molar-refractivity contribution in [3.05, 3.63) is 24.3 Å². The standard InChI is InChI=1S/C18H26N2O4/c1-3-23-16-4-6-17(7-5-16)24-13-18(21)20-9-14-8-19(2)10-15(20)12-22-11-14/h4-7,14-15H,3,8-13H2,1-2H3/t14-,15-/m0/s1. The molecule has 132 valence electrons. The highest BCUT2D eigenvalue weighted by Gasteiger charge is 2.34. The second-order valence-electron chi connectivity index (χ2n) is 6.52. The zero-order chi connectivity index (χ0) is 16.9. The molecule has 0 aromatic heterocycles. The van der Waals surface area contributed by atoms with Gasteiger partial charge in [0.1, 0.15) is 11.5 Å². The van der Waals surface area contributed by atoms with E-state index in [1.807, 2.05) is 36.1 Å². The Morgan fingerprint density at radius 2 is 1.83 bits per heavy atom. The summed E-state index contributed by atoms with van der Waals surface area (Å²) in [5.41, 5.74) is 0. The summed E-state index contributed by atoms with van der Waals surface area (Å²) in [6.45, 7) is 6.54. The van der Waals surface area contributed by atoms with Crippen molar-refractivity contribution in [1.82, 2.24) is 9.80 Å². The van der Waals surface area contributed by atoms with E-state index in [1.54, 1.807) is 0 Å². The van der Waals surface area contributed by atoms with Gasteiger partial charge in [-0.05, 0) is 38.2 Å². The van der Waals surface area contributed by atoms with Gasteiger partial charge in [-0.1, -0.05) is 0 Å². The van der Waals surface area contributed by atoms with Crippen LogP contribution in [0.25, 0.3) is 0 Å². The Kier molecular flexibility index (Phi) is 5.58. The van der Waals surface area contributed by atoms with Gasteiger partial charge in [-0.25, -0.2) is 0 Å². The highest BCUT2D eigenvalue weighted by atomic mass is 16.5. The SMILES string of the molecule is CCOc1ccc(OCC(=O)N2C[C@H]3COC[C@@H]2CN(C)C3)cc1. The molecule has 2 atom stereocenters. The number of carbonyl (C=O) groups excluding carboxylic acids is 1. The van der Waals surface area contributed by atoms with Gasteiger partial charge in [0, 0.05) is 25.6 Å². The molecule has 2 saturated heterocycles. The van der Waals surface area contributed by atoms with Gasteiger partial charge in [0.25, 0.3) is 5.91 Å². The highest BCUT2D eigenvalue weighted by Crippen LogP contribution is 2.20. The molecule has 2 heterocycles. The molecule has 6 nitrogen and oxygen atoms in total. The van der Waals surface area contributed by atoms with Crippen molar-refractivity contribution in [2.24, 2.45) is 5.92 Å². The maximum absolute atomic E-state index is 12.6. The lowest BCUT2D eigenvalue weighted by atomic mass is 10.1. The molecule has 1 amide bonds. The predicted octanol–water partition coefficient (Wildman–Crippen LogP) is 1.25. The monoisotopic (exact) mass is 334 g/mol. The predicted molar refractivity (Wildman–Crippen MR) is 90.4 cm³/mol. The van der Waals surface area contributed by atoms with Crippen LogP contribution in [0, 0.1) is 5.92 Å². The molecule has 1 aromatic rings. The van der Waals surface area contributed by atoms with Gasteiger partial charge in [0.15, 0.2) is 6.61 Å². The van der Waals surface area contributed by atoms with Crippen molar-refractivity contribution in [2.45, 2.75) is 13.0 Å². The first-order valence-corrected chi connectivity index (χ1v) is 8.57. The Morgan fingerprint density at radius 3 is 2.54 bits per heavy atom. The molecule has 0 N–H and O–H groups in total. The molecule has 2 aliphatic heterocycles. The summed E-state index contributed by atoms with van der Waals surface area (Å²) in [4.78, 5) is 16.9. The number of nitrogens with zero attached hydrogens (tertiary/aromatic N) is 2. The third kappa shape index (κ3) is 4.19. The summed E-state index contributed by atoms with van der Waals surface area (Å²) < 4.78 is 16.8. The second kappa shape index (κ2) is 7.85. The molecule has 0 saturated carbocycles. The van der Waals surface area contributed by atoms with Crippen LogP contribution in [-0.4, -0.2) is 74.9 Å². The van der Waals surface area contributed by atoms with Gasteiger partial charge < -0.3 is 24.0 Å². The van der Waals surface area contributed by atoms with Gasteiger partial charge in [0.05, 0.1) is 25.9 Å². The molecule has 0 unspecified atom stereocenters. The first kappa shape index (κ1) is 17.0. The molecule has 2 aliphatic rings. The fraction of sp³-hybridized carbons (Fsp3) is 0.611. The van der Waals surface area contributed by atoms with Crippen LogP contribution in [0.4, 0.5) is 0 Å². The Bertz CT molecular complexity index is 548. The Hall–Kier alpha value is -1.79. The molecule has 24 heavy (non-hydrogen) atoms. The van der Waals surface area contributed by atoms with Crippen LogP contribution in [0.15, 0.2) is 24.3 Å². The van der Waals surface area contributed by atoms with E-state index in [2.05, 4.69) is 11.9 Å². The fourth-order valence-electron chi connectivity index (χ4n) is 3.41. The number of benzene rings is 1. The van der Waals surface area contributed by atoms with Crippen LogP contribution in [0.3, 0.4) is 0 Å². The van der Waals surface area contributed by atoms with Gasteiger partial charge in [0.2, 0.25) is 0 Å². The number of rotatable bonds is 5. The first-order valence-electron chi connectivity index (χ1n) is 8.57. The fourth-order valence-corrected chi connectivity index (χ4v) is 3.41. The third-order valence-electron chi connectivity index (χ3n) is 4.47. The number of hydrogen-bond donors (Lipinski definition) is 0. The van der Waals surface area contributed by atoms with Gasteiger partial charge in [-0.3, -0.25) is 4.79 Å². The Balaban J connectivity index is 1.58. The number of hydrogen-bond acceptors (Lipinski definition) is 5. The van der Waals surface area contributed by atoms with Crippen molar-refractivity contribution in [1.29, 1.82) is 0 Å². The molecule has 0 spiro atoms. The van der Waals surface area contributed by atoms with Gasteiger partial charge >= 0.3 is 0 Å². The van der Waals surface area contributed by atoms with Crippen LogP contribution < -0.4 is 9.47 Å². The van der Waals surface area contributed by atoms with Crippen molar-refractivity contribution in [3.8, 4) is 11.5 Å². The summed E-state index contributed by atoms with van der Waals surface area (Å²) in [7, 11) is 2.11. The van der Waals surface area contributed by atoms with Crippen LogP contribution in [-0.2, 0) is 9.53 Å². The number of ether oxygens (including phenoxy) is 3. The number of carbonyl (C=O) groups is 1. The smallest absolute Gasteiger partial charge is 0.260 e. The molecule has 3 rings (SSSR count). The average Bonchev–Trinajstić information content (AvgIpc) is 2.84. The average molecular weight is 334 g/mol. The zero-order valence-electron chi connectivity index (χ0n) is 14.4. The lowest BCUT2D eigenvalue weighted by Crippen LogP contribution is -2.47. The van der Waals surface area contributed by atoms with Crippen LogP contribution in [0.2, 0.25) is 0 Å². The molecular formula is C18H26N2O4. The molecule has 2 fully saturated rings. The van der Waals surface area contributed by atoms with E-state index in [1.165, 1.54) is 0 Å². The Morgan fingerprint density at radius 1 is 1.12 bits per heavy atom. The number of amides is 1. The van der Waals surface area contributed by atoms with E-state index in [-0.39, 0.29) is 18.6 Å². The van der Waals surface area contributed by atoms with Crippen molar-refractivity contribution in [3.63, 3.8) is 0 Å². The normalized spacial score (nSPS) is 24.3. The molecule has 2 bridgehead atoms. The van der Waals surface area contributed by atoms with Crippen LogP contribution in [0.5, 0.6) is 11.5 Å². The maximum atomic E-state index is 12.6. The van der Waals surface area contributed by atoms with Crippen molar-refractivity contribution >= 4 is 5.91 Å². The maximum Gasteiger partial charge on any atom is 0.260 e. The molecule has 1 aromatic carbocycles. The third-order valence-corrected chi connectivity index (χ3v) is 4.47. The van der Waals surface area contributed by atoms with E-state index >= 15 is 0 Å². The largest absolute Gasteiger partial charge is 0.494 e. The van der Waals surface area contributed by atoms with E-state index in [4.69, 9.17) is 14.2 Å². The van der Waals surface area contributed by atoms with Crippen molar-refractivity contribution in [2.75, 3.05) is 53.1 Å². The lowest BCUT2D eigenvalue weighted by molar-refractivity contribution is -0.136. The van der Waals surface area contributed by atoms with Crippen LogP contribution in [0.1, 0.15) is 6.92 Å². The Labute approximate surface area is 143 Å². The quantitative estimate of drug-likeness (QED) is 0.811. The summed E-state index contributed by atoms with van der Waals surface area (Å²) in [5.74, 6) is 1.88. The molecule has 0 radical (unpaired) electrons. The van der Waals surface area contributed by atoms with Gasteiger partial charge in [-0.2, -0.15) is 0 Å².